The minimum Gasteiger partial charge on any atom is -0.370 e. The van der Waals surface area contributed by atoms with Crippen molar-refractivity contribution in [3.63, 3.8) is 0 Å². The second-order valence-electron chi connectivity index (χ2n) is 6.73. The van der Waals surface area contributed by atoms with E-state index in [1.807, 2.05) is 4.90 Å². The van der Waals surface area contributed by atoms with Gasteiger partial charge in [-0.1, -0.05) is 0 Å². The summed E-state index contributed by atoms with van der Waals surface area (Å²) in [7, 11) is 0. The van der Waals surface area contributed by atoms with Gasteiger partial charge < -0.3 is 15.5 Å². The van der Waals surface area contributed by atoms with Gasteiger partial charge in [0, 0.05) is 51.7 Å². The lowest BCUT2D eigenvalue weighted by atomic mass is 10.1. The minimum atomic E-state index is -4.14. The zero-order valence-electron chi connectivity index (χ0n) is 14.6. The number of nitrogens with two attached hydrogens (primary N) is 1. The van der Waals surface area contributed by atoms with Crippen LogP contribution in [0, 0.1) is 5.92 Å². The van der Waals surface area contributed by atoms with Crippen LogP contribution in [-0.4, -0.2) is 84.3 Å². The number of alkyl halides is 3. The maximum atomic E-state index is 12.4. The molecular formula is C16H24F3N7. The Bertz CT molecular complexity index is 600. The summed E-state index contributed by atoms with van der Waals surface area (Å²) >= 11 is 0. The first-order valence-corrected chi connectivity index (χ1v) is 8.76. The Hall–Kier alpha value is -2.10. The molecule has 2 aliphatic heterocycles. The summed E-state index contributed by atoms with van der Waals surface area (Å²) in [5.41, 5.74) is 6.08. The van der Waals surface area contributed by atoms with E-state index in [0.717, 1.165) is 32.6 Å². The number of guanidine groups is 1. The first-order valence-electron chi connectivity index (χ1n) is 8.76. The number of nitrogens with zero attached hydrogens (tertiary/aromatic N) is 6. The van der Waals surface area contributed by atoms with Gasteiger partial charge in [0.1, 0.15) is 0 Å². The van der Waals surface area contributed by atoms with Crippen molar-refractivity contribution in [2.24, 2.45) is 16.6 Å². The van der Waals surface area contributed by atoms with Crippen LogP contribution in [0.3, 0.4) is 0 Å². The van der Waals surface area contributed by atoms with Gasteiger partial charge in [-0.05, 0) is 24.9 Å². The molecule has 0 radical (unpaired) electrons. The van der Waals surface area contributed by atoms with Crippen LogP contribution in [0.5, 0.6) is 0 Å². The van der Waals surface area contributed by atoms with Crippen LogP contribution in [0.15, 0.2) is 23.5 Å². The molecule has 0 aromatic carbocycles. The van der Waals surface area contributed by atoms with Crippen molar-refractivity contribution in [3.05, 3.63) is 18.5 Å². The highest BCUT2D eigenvalue weighted by Gasteiger charge is 2.34. The smallest absolute Gasteiger partial charge is 0.370 e. The highest BCUT2D eigenvalue weighted by Crippen LogP contribution is 2.23. The van der Waals surface area contributed by atoms with Crippen LogP contribution >= 0.6 is 0 Å². The molecule has 144 valence electrons. The Morgan fingerprint density at radius 1 is 1.15 bits per heavy atom. The summed E-state index contributed by atoms with van der Waals surface area (Å²) in [5, 5.41) is 0. The molecule has 0 aliphatic carbocycles. The van der Waals surface area contributed by atoms with Crippen LogP contribution < -0.4 is 10.6 Å². The molecule has 0 spiro atoms. The maximum Gasteiger partial charge on any atom is 0.401 e. The summed E-state index contributed by atoms with van der Waals surface area (Å²) in [4.78, 5) is 18.4. The molecule has 3 heterocycles. The van der Waals surface area contributed by atoms with Gasteiger partial charge in [0.2, 0.25) is 5.95 Å². The summed E-state index contributed by atoms with van der Waals surface area (Å²) in [6.45, 7) is 3.47. The van der Waals surface area contributed by atoms with Crippen molar-refractivity contribution in [1.29, 1.82) is 0 Å². The average molecular weight is 371 g/mol. The van der Waals surface area contributed by atoms with E-state index in [1.165, 1.54) is 4.90 Å². The van der Waals surface area contributed by atoms with E-state index in [0.29, 0.717) is 31.5 Å². The SMILES string of the molecule is NC(=NCC1CCN(CC(F)(F)F)C1)N1CCN(c2ncccn2)CC1. The van der Waals surface area contributed by atoms with E-state index < -0.39 is 12.7 Å². The zero-order chi connectivity index (χ0) is 18.6. The lowest BCUT2D eigenvalue weighted by Gasteiger charge is -2.35. The average Bonchev–Trinajstić information content (AvgIpc) is 3.06. The Morgan fingerprint density at radius 2 is 1.85 bits per heavy atom. The molecule has 3 rings (SSSR count). The van der Waals surface area contributed by atoms with Gasteiger partial charge >= 0.3 is 6.18 Å². The van der Waals surface area contributed by atoms with Gasteiger partial charge in [-0.2, -0.15) is 13.2 Å². The van der Waals surface area contributed by atoms with E-state index in [2.05, 4.69) is 19.9 Å². The maximum absolute atomic E-state index is 12.4. The van der Waals surface area contributed by atoms with Crippen LogP contribution in [-0.2, 0) is 0 Å². The fourth-order valence-corrected chi connectivity index (χ4v) is 3.37. The number of anilines is 1. The number of halogens is 3. The van der Waals surface area contributed by atoms with Crippen molar-refractivity contribution in [3.8, 4) is 0 Å². The Kier molecular flexibility index (Phi) is 5.80. The number of rotatable bonds is 4. The van der Waals surface area contributed by atoms with E-state index in [4.69, 9.17) is 5.73 Å². The quantitative estimate of drug-likeness (QED) is 0.623. The zero-order valence-corrected chi connectivity index (χ0v) is 14.6. The minimum absolute atomic E-state index is 0.134. The molecule has 0 bridgehead atoms. The van der Waals surface area contributed by atoms with Crippen LogP contribution in [0.2, 0.25) is 0 Å². The summed E-state index contributed by atoms with van der Waals surface area (Å²) in [6.07, 6.45) is 0.0215. The first kappa shape index (κ1) is 18.7. The molecule has 2 aliphatic rings. The first-order chi connectivity index (χ1) is 12.4. The number of hydrogen-bond donors (Lipinski definition) is 1. The molecule has 0 saturated carbocycles. The molecule has 7 nitrogen and oxygen atoms in total. The van der Waals surface area contributed by atoms with Gasteiger partial charge in [0.25, 0.3) is 0 Å². The van der Waals surface area contributed by atoms with Crippen molar-refractivity contribution in [2.75, 3.05) is 57.3 Å². The number of aromatic nitrogens is 2. The van der Waals surface area contributed by atoms with E-state index in [1.54, 1.807) is 18.5 Å². The van der Waals surface area contributed by atoms with E-state index in [-0.39, 0.29) is 5.92 Å². The van der Waals surface area contributed by atoms with E-state index in [9.17, 15) is 13.2 Å². The Labute approximate surface area is 150 Å². The third-order valence-corrected chi connectivity index (χ3v) is 4.72. The van der Waals surface area contributed by atoms with Gasteiger partial charge in [-0.25, -0.2) is 9.97 Å². The molecule has 0 amide bonds. The highest BCUT2D eigenvalue weighted by molar-refractivity contribution is 5.78. The highest BCUT2D eigenvalue weighted by atomic mass is 19.4. The van der Waals surface area contributed by atoms with Gasteiger partial charge in [-0.15, -0.1) is 0 Å². The van der Waals surface area contributed by atoms with Crippen molar-refractivity contribution in [2.45, 2.75) is 12.6 Å². The van der Waals surface area contributed by atoms with Gasteiger partial charge in [-0.3, -0.25) is 9.89 Å². The lowest BCUT2D eigenvalue weighted by Crippen LogP contribution is -2.51. The molecule has 26 heavy (non-hydrogen) atoms. The largest absolute Gasteiger partial charge is 0.401 e. The second-order valence-corrected chi connectivity index (χ2v) is 6.73. The molecule has 2 saturated heterocycles. The molecule has 2 N–H and O–H groups in total. The summed E-state index contributed by atoms with van der Waals surface area (Å²) < 4.78 is 37.3. The molecule has 1 aromatic rings. The number of hydrogen-bond acceptors (Lipinski definition) is 5. The van der Waals surface area contributed by atoms with Gasteiger partial charge in [0.05, 0.1) is 6.54 Å². The Morgan fingerprint density at radius 3 is 2.50 bits per heavy atom. The number of likely N-dealkylation sites (tertiary alicyclic amines) is 1. The van der Waals surface area contributed by atoms with Crippen molar-refractivity contribution < 1.29 is 13.2 Å². The van der Waals surface area contributed by atoms with Crippen molar-refractivity contribution in [1.82, 2.24) is 19.8 Å². The third-order valence-electron chi connectivity index (χ3n) is 4.72. The standard InChI is InChI=1S/C16H24F3N7/c17-16(18,19)12-24-5-2-13(11-24)10-23-14(20)25-6-8-26(9-7-25)15-21-3-1-4-22-15/h1,3-4,13H,2,5-12H2,(H2,20,23). The fourth-order valence-electron chi connectivity index (χ4n) is 3.37. The van der Waals surface area contributed by atoms with E-state index >= 15 is 0 Å². The van der Waals surface area contributed by atoms with Crippen molar-refractivity contribution >= 4 is 11.9 Å². The van der Waals surface area contributed by atoms with Gasteiger partial charge in [0.15, 0.2) is 5.96 Å². The second kappa shape index (κ2) is 8.07. The predicted octanol–water partition coefficient (Wildman–Crippen LogP) is 0.797. The lowest BCUT2D eigenvalue weighted by molar-refractivity contribution is -0.143. The number of aliphatic imine (C=N–C) groups is 1. The molecule has 1 atom stereocenters. The number of piperazine rings is 1. The van der Waals surface area contributed by atoms with Crippen LogP contribution in [0.25, 0.3) is 0 Å². The Balaban J connectivity index is 1.43. The topological polar surface area (TPSA) is 73.9 Å². The normalized spacial score (nSPS) is 22.9. The van der Waals surface area contributed by atoms with Crippen LogP contribution in [0.4, 0.5) is 19.1 Å². The predicted molar refractivity (Wildman–Crippen MR) is 92.9 cm³/mol. The molecule has 2 fully saturated rings. The van der Waals surface area contributed by atoms with Crippen LogP contribution in [0.1, 0.15) is 6.42 Å². The molecule has 10 heteroatoms. The summed E-state index contributed by atoms with van der Waals surface area (Å²) in [5.74, 6) is 1.31. The summed E-state index contributed by atoms with van der Waals surface area (Å²) in [6, 6.07) is 1.78. The third kappa shape index (κ3) is 5.20. The molecular weight excluding hydrogens is 347 g/mol. The fraction of sp³-hybridized carbons (Fsp3) is 0.688. The molecule has 1 aromatic heterocycles. The monoisotopic (exact) mass is 371 g/mol. The molecule has 1 unspecified atom stereocenters.